The molecule has 4 N–H and O–H groups in total. The molecule has 0 bridgehead atoms. The van der Waals surface area contributed by atoms with Gasteiger partial charge in [0.2, 0.25) is 13.6 Å². The van der Waals surface area contributed by atoms with Crippen LogP contribution < -0.4 is 30.4 Å². The summed E-state index contributed by atoms with van der Waals surface area (Å²) in [5.74, 6) is 3.99. The third-order valence-electron chi connectivity index (χ3n) is 4.78. The minimum absolute atomic E-state index is 0.232. The predicted octanol–water partition coefficient (Wildman–Crippen LogP) is 2.31. The van der Waals surface area contributed by atoms with E-state index in [2.05, 4.69) is 15.0 Å². The topological polar surface area (TPSA) is 127 Å². The maximum Gasteiger partial charge on any atom is 0.231 e. The van der Waals surface area contributed by atoms with Crippen molar-refractivity contribution in [2.24, 2.45) is 4.99 Å². The monoisotopic (exact) mass is 405 g/mol. The third kappa shape index (κ3) is 3.52. The highest BCUT2D eigenvalue weighted by atomic mass is 16.7. The molecule has 3 heterocycles. The van der Waals surface area contributed by atoms with Crippen molar-refractivity contribution in [2.45, 2.75) is 13.0 Å². The van der Waals surface area contributed by atoms with E-state index in [0.29, 0.717) is 30.1 Å². The highest BCUT2D eigenvalue weighted by molar-refractivity contribution is 5.91. The van der Waals surface area contributed by atoms with E-state index in [9.17, 15) is 0 Å². The molecule has 152 valence electrons. The quantitative estimate of drug-likeness (QED) is 0.619. The summed E-state index contributed by atoms with van der Waals surface area (Å²) in [7, 11) is 0. The zero-order chi connectivity index (χ0) is 20.5. The molecule has 9 heteroatoms. The first-order valence-corrected chi connectivity index (χ1v) is 9.34. The standard InChI is InChI=1S/C21H19N5O4/c22-20-14(9-24-8-13-2-4-16-18(6-13)30-11-28-16)21(23)26-19(25-20)7-12-1-3-15-17(5-12)29-10-27-15/h1-6,9H,7-8,10-11H2,(H4,22,23,25,26). The lowest BCUT2D eigenvalue weighted by molar-refractivity contribution is 0.173. The second-order valence-electron chi connectivity index (χ2n) is 6.85. The molecule has 1 aromatic heterocycles. The van der Waals surface area contributed by atoms with Crippen LogP contribution in [-0.2, 0) is 13.0 Å². The van der Waals surface area contributed by atoms with E-state index < -0.39 is 0 Å². The Morgan fingerprint density at radius 2 is 1.37 bits per heavy atom. The van der Waals surface area contributed by atoms with E-state index in [-0.39, 0.29) is 25.2 Å². The van der Waals surface area contributed by atoms with Gasteiger partial charge in [0, 0.05) is 12.6 Å². The third-order valence-corrected chi connectivity index (χ3v) is 4.78. The molecule has 0 saturated heterocycles. The van der Waals surface area contributed by atoms with Gasteiger partial charge in [-0.1, -0.05) is 12.1 Å². The Kier molecular flexibility index (Phi) is 4.47. The lowest BCUT2D eigenvalue weighted by Crippen LogP contribution is -2.09. The van der Waals surface area contributed by atoms with Crippen molar-refractivity contribution in [3.05, 3.63) is 58.9 Å². The Bertz CT molecular complexity index is 1130. The van der Waals surface area contributed by atoms with Crippen molar-refractivity contribution in [1.29, 1.82) is 0 Å². The molecule has 0 atom stereocenters. The molecule has 30 heavy (non-hydrogen) atoms. The number of aromatic nitrogens is 2. The summed E-state index contributed by atoms with van der Waals surface area (Å²) in [6, 6.07) is 11.4. The van der Waals surface area contributed by atoms with Crippen molar-refractivity contribution in [3.8, 4) is 23.0 Å². The summed E-state index contributed by atoms with van der Waals surface area (Å²) < 4.78 is 21.4. The van der Waals surface area contributed by atoms with Crippen LogP contribution in [-0.4, -0.2) is 29.8 Å². The van der Waals surface area contributed by atoms with Gasteiger partial charge >= 0.3 is 0 Å². The number of nitrogen functional groups attached to an aromatic ring is 2. The van der Waals surface area contributed by atoms with Crippen LogP contribution in [0.4, 0.5) is 11.6 Å². The smallest absolute Gasteiger partial charge is 0.231 e. The first kappa shape index (κ1) is 18.0. The molecule has 0 amide bonds. The molecule has 3 aromatic rings. The normalized spacial score (nSPS) is 13.9. The van der Waals surface area contributed by atoms with Crippen LogP contribution in [0.3, 0.4) is 0 Å². The molecule has 0 aliphatic carbocycles. The molecular weight excluding hydrogens is 386 g/mol. The van der Waals surface area contributed by atoms with Crippen LogP contribution in [0.5, 0.6) is 23.0 Å². The highest BCUT2D eigenvalue weighted by Gasteiger charge is 2.15. The number of ether oxygens (including phenoxy) is 4. The largest absolute Gasteiger partial charge is 0.454 e. The van der Waals surface area contributed by atoms with Crippen molar-refractivity contribution in [3.63, 3.8) is 0 Å². The lowest BCUT2D eigenvalue weighted by atomic mass is 10.1. The number of nitrogens with two attached hydrogens (primary N) is 2. The van der Waals surface area contributed by atoms with Gasteiger partial charge in [0.05, 0.1) is 12.1 Å². The van der Waals surface area contributed by atoms with Gasteiger partial charge in [-0.15, -0.1) is 0 Å². The van der Waals surface area contributed by atoms with Crippen LogP contribution in [0.2, 0.25) is 0 Å². The first-order valence-electron chi connectivity index (χ1n) is 9.34. The van der Waals surface area contributed by atoms with Crippen LogP contribution in [0.25, 0.3) is 0 Å². The number of rotatable bonds is 5. The minimum Gasteiger partial charge on any atom is -0.454 e. The predicted molar refractivity (Wildman–Crippen MR) is 110 cm³/mol. The van der Waals surface area contributed by atoms with Crippen LogP contribution >= 0.6 is 0 Å². The van der Waals surface area contributed by atoms with Gasteiger partial charge in [-0.05, 0) is 35.4 Å². The van der Waals surface area contributed by atoms with Gasteiger partial charge in [-0.2, -0.15) is 0 Å². The number of anilines is 2. The SMILES string of the molecule is Nc1nc(Cc2ccc3c(c2)OCO3)nc(N)c1C=NCc1ccc2c(c1)OCO2. The van der Waals surface area contributed by atoms with Crippen molar-refractivity contribution in [1.82, 2.24) is 9.97 Å². The second kappa shape index (κ2) is 7.43. The fourth-order valence-corrected chi connectivity index (χ4v) is 3.28. The van der Waals surface area contributed by atoms with E-state index in [0.717, 1.165) is 28.4 Å². The van der Waals surface area contributed by atoms with E-state index in [1.54, 1.807) is 6.21 Å². The second-order valence-corrected chi connectivity index (χ2v) is 6.85. The van der Waals surface area contributed by atoms with Gasteiger partial charge in [0.15, 0.2) is 23.0 Å². The lowest BCUT2D eigenvalue weighted by Gasteiger charge is -2.08. The molecule has 0 fully saturated rings. The van der Waals surface area contributed by atoms with E-state index >= 15 is 0 Å². The summed E-state index contributed by atoms with van der Waals surface area (Å²) in [6.07, 6.45) is 2.07. The van der Waals surface area contributed by atoms with E-state index in [4.69, 9.17) is 30.4 Å². The number of hydrogen-bond donors (Lipinski definition) is 2. The molecule has 0 saturated carbocycles. The Morgan fingerprint density at radius 1 is 0.800 bits per heavy atom. The maximum atomic E-state index is 6.12. The van der Waals surface area contributed by atoms with E-state index in [1.165, 1.54) is 0 Å². The molecular formula is C21H19N5O4. The average Bonchev–Trinajstić information content (AvgIpc) is 3.38. The number of benzene rings is 2. The maximum absolute atomic E-state index is 6.12. The number of aliphatic imine (C=N–C) groups is 1. The van der Waals surface area contributed by atoms with Crippen molar-refractivity contribution in [2.75, 3.05) is 25.1 Å². The fraction of sp³-hybridized carbons (Fsp3) is 0.190. The van der Waals surface area contributed by atoms with Crippen LogP contribution in [0.1, 0.15) is 22.5 Å². The summed E-state index contributed by atoms with van der Waals surface area (Å²) >= 11 is 0. The van der Waals surface area contributed by atoms with E-state index in [1.807, 2.05) is 36.4 Å². The summed E-state index contributed by atoms with van der Waals surface area (Å²) in [5.41, 5.74) is 14.7. The van der Waals surface area contributed by atoms with Crippen molar-refractivity contribution < 1.29 is 18.9 Å². The van der Waals surface area contributed by atoms with Crippen LogP contribution in [0.15, 0.2) is 41.4 Å². The molecule has 0 unspecified atom stereocenters. The molecule has 2 aromatic carbocycles. The molecule has 2 aliphatic heterocycles. The molecule has 0 spiro atoms. The molecule has 2 aliphatic rings. The highest BCUT2D eigenvalue weighted by Crippen LogP contribution is 2.33. The number of hydrogen-bond acceptors (Lipinski definition) is 9. The summed E-state index contributed by atoms with van der Waals surface area (Å²) in [6.45, 7) is 0.912. The summed E-state index contributed by atoms with van der Waals surface area (Å²) in [4.78, 5) is 13.2. The minimum atomic E-state index is 0.232. The van der Waals surface area contributed by atoms with Gasteiger partial charge in [-0.3, -0.25) is 4.99 Å². The molecule has 5 rings (SSSR count). The molecule has 9 nitrogen and oxygen atoms in total. The van der Waals surface area contributed by atoms with Gasteiger partial charge < -0.3 is 30.4 Å². The Hall–Kier alpha value is -4.01. The van der Waals surface area contributed by atoms with Gasteiger partial charge in [0.25, 0.3) is 0 Å². The Morgan fingerprint density at radius 3 is 2.03 bits per heavy atom. The zero-order valence-corrected chi connectivity index (χ0v) is 16.0. The van der Waals surface area contributed by atoms with Crippen LogP contribution in [0, 0.1) is 0 Å². The zero-order valence-electron chi connectivity index (χ0n) is 16.0. The van der Waals surface area contributed by atoms with Gasteiger partial charge in [0.1, 0.15) is 17.5 Å². The van der Waals surface area contributed by atoms with Crippen molar-refractivity contribution >= 4 is 17.9 Å². The Balaban J connectivity index is 1.30. The van der Waals surface area contributed by atoms with Gasteiger partial charge in [-0.25, -0.2) is 9.97 Å². The first-order chi connectivity index (χ1) is 14.7. The fourth-order valence-electron chi connectivity index (χ4n) is 3.28. The number of nitrogens with zero attached hydrogens (tertiary/aromatic N) is 3. The molecule has 0 radical (unpaired) electrons. The summed E-state index contributed by atoms with van der Waals surface area (Å²) in [5, 5.41) is 0. The number of fused-ring (bicyclic) bond motifs is 2. The average molecular weight is 405 g/mol. The Labute approximate surface area is 172 Å².